The molecule has 2 aliphatic rings. The van der Waals surface area contributed by atoms with Crippen molar-refractivity contribution in [2.24, 2.45) is 23.7 Å². The van der Waals surface area contributed by atoms with Crippen molar-refractivity contribution < 1.29 is 0 Å². The first-order valence-electron chi connectivity index (χ1n) is 7.43. The summed E-state index contributed by atoms with van der Waals surface area (Å²) in [7, 11) is 0. The van der Waals surface area contributed by atoms with E-state index in [1.807, 2.05) is 0 Å². The molecule has 0 N–H and O–H groups in total. The molecule has 98 valence electrons. The van der Waals surface area contributed by atoms with Gasteiger partial charge in [-0.25, -0.2) is 0 Å². The van der Waals surface area contributed by atoms with Crippen LogP contribution in [0.2, 0.25) is 0 Å². The van der Waals surface area contributed by atoms with Gasteiger partial charge in [0.15, 0.2) is 0 Å². The van der Waals surface area contributed by atoms with Gasteiger partial charge >= 0.3 is 0 Å². The lowest BCUT2D eigenvalue weighted by Gasteiger charge is -2.27. The molecule has 5 unspecified atom stereocenters. The summed E-state index contributed by atoms with van der Waals surface area (Å²) in [5, 5.41) is 0. The molecule has 0 amide bonds. The minimum absolute atomic E-state index is 0.526. The Morgan fingerprint density at radius 1 is 1.17 bits per heavy atom. The first kappa shape index (κ1) is 12.7. The molecule has 0 aliphatic heterocycles. The van der Waals surface area contributed by atoms with Gasteiger partial charge in [-0.1, -0.05) is 59.6 Å². The number of rotatable bonds is 4. The Labute approximate surface area is 119 Å². The molecule has 1 aromatic carbocycles. The van der Waals surface area contributed by atoms with E-state index in [9.17, 15) is 0 Å². The van der Waals surface area contributed by atoms with Crippen LogP contribution in [-0.4, -0.2) is 0 Å². The maximum Gasteiger partial charge on any atom is 0.0420 e. The van der Waals surface area contributed by atoms with E-state index in [1.54, 1.807) is 0 Å². The molecule has 18 heavy (non-hydrogen) atoms. The zero-order chi connectivity index (χ0) is 12.5. The molecule has 3 rings (SSSR count). The summed E-state index contributed by atoms with van der Waals surface area (Å²) in [5.74, 6) is 3.91. The van der Waals surface area contributed by atoms with Crippen LogP contribution in [0.25, 0.3) is 0 Å². The number of fused-ring (bicyclic) bond motifs is 2. The molecular formula is C17H23Br. The first-order valence-corrected chi connectivity index (χ1v) is 8.34. The average Bonchev–Trinajstić information content (AvgIpc) is 3.01. The number of benzene rings is 1. The number of halogens is 1. The third-order valence-electron chi connectivity index (χ3n) is 5.18. The van der Waals surface area contributed by atoms with E-state index in [2.05, 4.69) is 53.2 Å². The summed E-state index contributed by atoms with van der Waals surface area (Å²) in [6.45, 7) is 2.42. The van der Waals surface area contributed by atoms with Crippen LogP contribution in [0, 0.1) is 23.7 Å². The molecule has 2 aliphatic carbocycles. The SMILES string of the molecule is CC(CC1CC2CCC1C2)C(Br)c1ccccc1. The Morgan fingerprint density at radius 2 is 1.94 bits per heavy atom. The van der Waals surface area contributed by atoms with Gasteiger partial charge in [-0.3, -0.25) is 0 Å². The van der Waals surface area contributed by atoms with Gasteiger partial charge in [0.25, 0.3) is 0 Å². The second-order valence-corrected chi connectivity index (χ2v) is 7.45. The van der Waals surface area contributed by atoms with Crippen LogP contribution in [0.5, 0.6) is 0 Å². The van der Waals surface area contributed by atoms with Crippen molar-refractivity contribution in [1.29, 1.82) is 0 Å². The van der Waals surface area contributed by atoms with Gasteiger partial charge in [-0.15, -0.1) is 0 Å². The topological polar surface area (TPSA) is 0 Å². The summed E-state index contributed by atoms with van der Waals surface area (Å²) < 4.78 is 0. The van der Waals surface area contributed by atoms with Crippen LogP contribution in [0.1, 0.15) is 49.4 Å². The van der Waals surface area contributed by atoms with E-state index in [0.717, 1.165) is 23.7 Å². The molecule has 0 saturated heterocycles. The maximum atomic E-state index is 3.91. The highest BCUT2D eigenvalue weighted by molar-refractivity contribution is 9.09. The normalized spacial score (nSPS) is 33.6. The summed E-state index contributed by atoms with van der Waals surface area (Å²) in [6.07, 6.45) is 7.50. The highest BCUT2D eigenvalue weighted by Crippen LogP contribution is 2.51. The lowest BCUT2D eigenvalue weighted by molar-refractivity contribution is 0.274. The molecular weight excluding hydrogens is 284 g/mol. The van der Waals surface area contributed by atoms with Gasteiger partial charge in [-0.2, -0.15) is 0 Å². The Kier molecular flexibility index (Phi) is 3.79. The summed E-state index contributed by atoms with van der Waals surface area (Å²) in [6, 6.07) is 10.9. The average molecular weight is 307 g/mol. The highest BCUT2D eigenvalue weighted by atomic mass is 79.9. The van der Waals surface area contributed by atoms with Gasteiger partial charge in [0.05, 0.1) is 0 Å². The summed E-state index contributed by atoms with van der Waals surface area (Å²) in [4.78, 5) is 0.526. The fraction of sp³-hybridized carbons (Fsp3) is 0.647. The predicted octanol–water partition coefficient (Wildman–Crippen LogP) is 5.59. The van der Waals surface area contributed by atoms with Gasteiger partial charge < -0.3 is 0 Å². The summed E-state index contributed by atoms with van der Waals surface area (Å²) >= 11 is 3.91. The standard InChI is InChI=1S/C17H23Br/c1-12(17(18)14-5-3-2-4-6-14)9-16-11-13-7-8-15(16)10-13/h2-6,12-13,15-17H,7-11H2,1H3. The van der Waals surface area contributed by atoms with Crippen molar-refractivity contribution in [3.8, 4) is 0 Å². The molecule has 0 radical (unpaired) electrons. The predicted molar refractivity (Wildman–Crippen MR) is 80.8 cm³/mol. The lowest BCUT2D eigenvalue weighted by Crippen LogP contribution is -2.16. The second-order valence-electron chi connectivity index (χ2n) is 6.46. The number of hydrogen-bond acceptors (Lipinski definition) is 0. The van der Waals surface area contributed by atoms with Crippen molar-refractivity contribution in [2.75, 3.05) is 0 Å². The van der Waals surface area contributed by atoms with Crippen molar-refractivity contribution in [2.45, 2.75) is 43.9 Å². The van der Waals surface area contributed by atoms with Gasteiger partial charge in [0.2, 0.25) is 0 Å². The van der Waals surface area contributed by atoms with Gasteiger partial charge in [-0.05, 0) is 54.9 Å². The molecule has 0 heterocycles. The van der Waals surface area contributed by atoms with Crippen LogP contribution in [0.15, 0.2) is 30.3 Å². The zero-order valence-electron chi connectivity index (χ0n) is 11.2. The Morgan fingerprint density at radius 3 is 2.56 bits per heavy atom. The van der Waals surface area contributed by atoms with E-state index in [1.165, 1.54) is 37.7 Å². The molecule has 1 aromatic rings. The van der Waals surface area contributed by atoms with Crippen molar-refractivity contribution in [3.05, 3.63) is 35.9 Å². The molecule has 0 nitrogen and oxygen atoms in total. The van der Waals surface area contributed by atoms with Gasteiger partial charge in [0, 0.05) is 4.83 Å². The minimum atomic E-state index is 0.526. The van der Waals surface area contributed by atoms with E-state index in [4.69, 9.17) is 0 Å². The fourth-order valence-corrected chi connectivity index (χ4v) is 4.75. The minimum Gasteiger partial charge on any atom is -0.0836 e. The number of alkyl halides is 1. The maximum absolute atomic E-state index is 3.91. The zero-order valence-corrected chi connectivity index (χ0v) is 12.8. The third kappa shape index (κ3) is 2.52. The second kappa shape index (κ2) is 5.36. The molecule has 2 fully saturated rings. The lowest BCUT2D eigenvalue weighted by atomic mass is 9.81. The number of hydrogen-bond donors (Lipinski definition) is 0. The van der Waals surface area contributed by atoms with E-state index < -0.39 is 0 Å². The fourth-order valence-electron chi connectivity index (χ4n) is 4.23. The summed E-state index contributed by atoms with van der Waals surface area (Å²) in [5.41, 5.74) is 1.44. The van der Waals surface area contributed by atoms with Crippen molar-refractivity contribution >= 4 is 15.9 Å². The Bertz CT molecular complexity index is 386. The molecule has 2 bridgehead atoms. The Balaban J connectivity index is 1.60. The molecule has 0 aromatic heterocycles. The quantitative estimate of drug-likeness (QED) is 0.637. The van der Waals surface area contributed by atoms with Crippen LogP contribution >= 0.6 is 15.9 Å². The Hall–Kier alpha value is -0.300. The molecule has 0 spiro atoms. The smallest absolute Gasteiger partial charge is 0.0420 e. The monoisotopic (exact) mass is 306 g/mol. The van der Waals surface area contributed by atoms with Crippen molar-refractivity contribution in [3.63, 3.8) is 0 Å². The van der Waals surface area contributed by atoms with Crippen LogP contribution < -0.4 is 0 Å². The first-order chi connectivity index (χ1) is 8.74. The van der Waals surface area contributed by atoms with E-state index >= 15 is 0 Å². The van der Waals surface area contributed by atoms with Crippen LogP contribution in [0.4, 0.5) is 0 Å². The third-order valence-corrected chi connectivity index (χ3v) is 6.61. The molecule has 1 heteroatoms. The van der Waals surface area contributed by atoms with Crippen molar-refractivity contribution in [1.82, 2.24) is 0 Å². The van der Waals surface area contributed by atoms with Gasteiger partial charge in [0.1, 0.15) is 0 Å². The molecule has 2 saturated carbocycles. The van der Waals surface area contributed by atoms with Crippen LogP contribution in [-0.2, 0) is 0 Å². The van der Waals surface area contributed by atoms with Crippen LogP contribution in [0.3, 0.4) is 0 Å². The highest BCUT2D eigenvalue weighted by Gasteiger charge is 2.40. The van der Waals surface area contributed by atoms with E-state index in [-0.39, 0.29) is 0 Å². The largest absolute Gasteiger partial charge is 0.0836 e. The molecule has 5 atom stereocenters. The van der Waals surface area contributed by atoms with E-state index in [0.29, 0.717) is 4.83 Å².